The molecule has 0 unspecified atom stereocenters. The molecule has 0 atom stereocenters. The molecule has 1 rings (SSSR count). The summed E-state index contributed by atoms with van der Waals surface area (Å²) in [7, 11) is 2.10. The Kier molecular flexibility index (Phi) is 5.48. The van der Waals surface area contributed by atoms with Gasteiger partial charge in [0.25, 0.3) is 0 Å². The van der Waals surface area contributed by atoms with Gasteiger partial charge in [0.05, 0.1) is 10.7 Å². The fourth-order valence-corrected chi connectivity index (χ4v) is 2.39. The lowest BCUT2D eigenvalue weighted by Gasteiger charge is -2.23. The lowest BCUT2D eigenvalue weighted by Crippen LogP contribution is -2.20. The van der Waals surface area contributed by atoms with E-state index in [1.807, 2.05) is 12.1 Å². The van der Waals surface area contributed by atoms with E-state index in [-0.39, 0.29) is 0 Å². The zero-order valence-electron chi connectivity index (χ0n) is 9.26. The molecule has 3 heteroatoms. The lowest BCUT2D eigenvalue weighted by molar-refractivity contribution is 0.765. The van der Waals surface area contributed by atoms with Crippen molar-refractivity contribution < 1.29 is 0 Å². The SMILES string of the molecule is CCCCN(C)c1c(Cl)cccc1CBr. The molecule has 0 aliphatic heterocycles. The molecule has 0 bridgehead atoms. The maximum absolute atomic E-state index is 6.22. The van der Waals surface area contributed by atoms with Gasteiger partial charge in [0, 0.05) is 18.9 Å². The average Bonchev–Trinajstić information content (AvgIpc) is 2.25. The van der Waals surface area contributed by atoms with Gasteiger partial charge in [-0.2, -0.15) is 0 Å². The third kappa shape index (κ3) is 3.39. The second-order valence-electron chi connectivity index (χ2n) is 3.66. The van der Waals surface area contributed by atoms with Crippen LogP contribution in [0.3, 0.4) is 0 Å². The number of hydrogen-bond acceptors (Lipinski definition) is 1. The summed E-state index contributed by atoms with van der Waals surface area (Å²) in [6, 6.07) is 6.06. The predicted molar refractivity (Wildman–Crippen MR) is 72.3 cm³/mol. The van der Waals surface area contributed by atoms with Crippen molar-refractivity contribution in [3.05, 3.63) is 28.8 Å². The molecule has 1 aromatic carbocycles. The number of alkyl halides is 1. The first-order chi connectivity index (χ1) is 7.20. The Labute approximate surface area is 106 Å². The van der Waals surface area contributed by atoms with E-state index >= 15 is 0 Å². The zero-order valence-corrected chi connectivity index (χ0v) is 11.6. The number of para-hydroxylation sites is 1. The summed E-state index contributed by atoms with van der Waals surface area (Å²) >= 11 is 9.71. The first-order valence-electron chi connectivity index (χ1n) is 5.25. The van der Waals surface area contributed by atoms with E-state index in [0.29, 0.717) is 0 Å². The van der Waals surface area contributed by atoms with Crippen LogP contribution in [-0.4, -0.2) is 13.6 Å². The summed E-state index contributed by atoms with van der Waals surface area (Å²) in [6.07, 6.45) is 2.40. The van der Waals surface area contributed by atoms with E-state index in [4.69, 9.17) is 11.6 Å². The summed E-state index contributed by atoms with van der Waals surface area (Å²) in [6.45, 7) is 3.26. The number of anilines is 1. The summed E-state index contributed by atoms with van der Waals surface area (Å²) in [4.78, 5) is 2.24. The average molecular weight is 291 g/mol. The molecule has 0 aliphatic carbocycles. The van der Waals surface area contributed by atoms with Crippen molar-refractivity contribution in [3.8, 4) is 0 Å². The Bertz CT molecular complexity index is 314. The van der Waals surface area contributed by atoms with E-state index in [2.05, 4.69) is 40.9 Å². The first kappa shape index (κ1) is 12.9. The Morgan fingerprint density at radius 1 is 1.40 bits per heavy atom. The number of halogens is 2. The number of hydrogen-bond donors (Lipinski definition) is 0. The molecule has 0 aromatic heterocycles. The largest absolute Gasteiger partial charge is 0.373 e. The minimum absolute atomic E-state index is 0.838. The van der Waals surface area contributed by atoms with Gasteiger partial charge in [-0.05, 0) is 18.1 Å². The van der Waals surface area contributed by atoms with Crippen LogP contribution in [0.4, 0.5) is 5.69 Å². The van der Waals surface area contributed by atoms with Crippen LogP contribution >= 0.6 is 27.5 Å². The van der Waals surface area contributed by atoms with E-state index in [1.54, 1.807) is 0 Å². The van der Waals surface area contributed by atoms with Crippen molar-refractivity contribution in [1.82, 2.24) is 0 Å². The van der Waals surface area contributed by atoms with Gasteiger partial charge in [0.2, 0.25) is 0 Å². The monoisotopic (exact) mass is 289 g/mol. The van der Waals surface area contributed by atoms with Crippen LogP contribution < -0.4 is 4.90 Å². The van der Waals surface area contributed by atoms with Crippen molar-refractivity contribution in [3.63, 3.8) is 0 Å². The molecule has 0 spiro atoms. The topological polar surface area (TPSA) is 3.24 Å². The smallest absolute Gasteiger partial charge is 0.0642 e. The second kappa shape index (κ2) is 6.39. The number of rotatable bonds is 5. The molecule has 0 N–H and O–H groups in total. The minimum Gasteiger partial charge on any atom is -0.373 e. The summed E-state index contributed by atoms with van der Waals surface area (Å²) in [5.74, 6) is 0. The van der Waals surface area contributed by atoms with Crippen LogP contribution in [0, 0.1) is 0 Å². The summed E-state index contributed by atoms with van der Waals surface area (Å²) in [5.41, 5.74) is 2.41. The Hall–Kier alpha value is -0.210. The second-order valence-corrected chi connectivity index (χ2v) is 4.62. The molecule has 1 aromatic rings. The molecule has 0 saturated heterocycles. The summed E-state index contributed by atoms with van der Waals surface area (Å²) in [5, 5.41) is 1.69. The molecular formula is C12H17BrClN. The highest BCUT2D eigenvalue weighted by Gasteiger charge is 2.10. The molecule has 84 valence electrons. The highest BCUT2D eigenvalue weighted by Crippen LogP contribution is 2.30. The van der Waals surface area contributed by atoms with Crippen LogP contribution in [-0.2, 0) is 5.33 Å². The van der Waals surface area contributed by atoms with Gasteiger partial charge in [0.15, 0.2) is 0 Å². The molecule has 0 heterocycles. The lowest BCUT2D eigenvalue weighted by atomic mass is 10.2. The Morgan fingerprint density at radius 2 is 2.13 bits per heavy atom. The van der Waals surface area contributed by atoms with E-state index in [1.165, 1.54) is 18.4 Å². The van der Waals surface area contributed by atoms with Gasteiger partial charge in [0.1, 0.15) is 0 Å². The number of nitrogens with zero attached hydrogens (tertiary/aromatic N) is 1. The third-order valence-corrected chi connectivity index (χ3v) is 3.35. The van der Waals surface area contributed by atoms with Crippen LogP contribution in [0.15, 0.2) is 18.2 Å². The molecule has 0 radical (unpaired) electrons. The minimum atomic E-state index is 0.838. The molecule has 0 saturated carbocycles. The van der Waals surface area contributed by atoms with Crippen LogP contribution in [0.5, 0.6) is 0 Å². The van der Waals surface area contributed by atoms with Gasteiger partial charge >= 0.3 is 0 Å². The fraction of sp³-hybridized carbons (Fsp3) is 0.500. The van der Waals surface area contributed by atoms with E-state index in [0.717, 1.165) is 22.6 Å². The Morgan fingerprint density at radius 3 is 2.73 bits per heavy atom. The van der Waals surface area contributed by atoms with Crippen molar-refractivity contribution in [1.29, 1.82) is 0 Å². The van der Waals surface area contributed by atoms with Gasteiger partial charge in [-0.3, -0.25) is 0 Å². The highest BCUT2D eigenvalue weighted by molar-refractivity contribution is 9.08. The van der Waals surface area contributed by atoms with Crippen molar-refractivity contribution in [2.75, 3.05) is 18.5 Å². The molecule has 0 amide bonds. The quantitative estimate of drug-likeness (QED) is 0.723. The van der Waals surface area contributed by atoms with Gasteiger partial charge in [-0.15, -0.1) is 0 Å². The van der Waals surface area contributed by atoms with Gasteiger partial charge in [-0.25, -0.2) is 0 Å². The predicted octanol–water partition coefficient (Wildman–Crippen LogP) is 4.47. The molecule has 0 aliphatic rings. The van der Waals surface area contributed by atoms with Crippen molar-refractivity contribution in [2.24, 2.45) is 0 Å². The highest BCUT2D eigenvalue weighted by atomic mass is 79.9. The standard InChI is InChI=1S/C12H17BrClN/c1-3-4-8-15(2)12-10(9-13)6-5-7-11(12)14/h5-7H,3-4,8-9H2,1-2H3. The van der Waals surface area contributed by atoms with Crippen LogP contribution in [0.2, 0.25) is 5.02 Å². The maximum Gasteiger partial charge on any atom is 0.0642 e. The van der Waals surface area contributed by atoms with E-state index in [9.17, 15) is 0 Å². The van der Waals surface area contributed by atoms with Gasteiger partial charge in [-0.1, -0.05) is 53.0 Å². The number of unbranched alkanes of at least 4 members (excludes halogenated alkanes) is 1. The van der Waals surface area contributed by atoms with Gasteiger partial charge < -0.3 is 4.90 Å². The fourth-order valence-electron chi connectivity index (χ4n) is 1.60. The molecule has 0 fully saturated rings. The molecule has 15 heavy (non-hydrogen) atoms. The Balaban J connectivity index is 2.90. The van der Waals surface area contributed by atoms with E-state index < -0.39 is 0 Å². The van der Waals surface area contributed by atoms with Crippen LogP contribution in [0.1, 0.15) is 25.3 Å². The molecular weight excluding hydrogens is 273 g/mol. The normalized spacial score (nSPS) is 10.4. The molecule has 1 nitrogen and oxygen atoms in total. The number of benzene rings is 1. The first-order valence-corrected chi connectivity index (χ1v) is 6.75. The maximum atomic E-state index is 6.22. The third-order valence-electron chi connectivity index (χ3n) is 2.44. The summed E-state index contributed by atoms with van der Waals surface area (Å²) < 4.78 is 0. The van der Waals surface area contributed by atoms with Crippen molar-refractivity contribution >= 4 is 33.2 Å². The van der Waals surface area contributed by atoms with Crippen molar-refractivity contribution in [2.45, 2.75) is 25.1 Å². The van der Waals surface area contributed by atoms with Crippen LogP contribution in [0.25, 0.3) is 0 Å². The zero-order chi connectivity index (χ0) is 11.3.